The number of hydrogen-bond donors (Lipinski definition) is 1. The third kappa shape index (κ3) is 3.33. The first-order chi connectivity index (χ1) is 9.61. The van der Waals surface area contributed by atoms with Crippen LogP contribution in [-0.4, -0.2) is 40.0 Å². The standard InChI is InChI=1S/C14H18N2O4/c17-10-13-3-1-2-8-15(13)14(18)9-11-4-6-12(7-5-11)16(19)20/h4-7,13,17H,1-3,8-10H2. The summed E-state index contributed by atoms with van der Waals surface area (Å²) in [5, 5.41) is 19.9. The van der Waals surface area contributed by atoms with E-state index in [2.05, 4.69) is 0 Å². The average molecular weight is 278 g/mol. The number of likely N-dealkylation sites (tertiary alicyclic amines) is 1. The van der Waals surface area contributed by atoms with Crippen LogP contribution >= 0.6 is 0 Å². The first-order valence-electron chi connectivity index (χ1n) is 6.75. The highest BCUT2D eigenvalue weighted by atomic mass is 16.6. The summed E-state index contributed by atoms with van der Waals surface area (Å²) in [7, 11) is 0. The Morgan fingerprint density at radius 3 is 2.65 bits per heavy atom. The van der Waals surface area contributed by atoms with E-state index >= 15 is 0 Å². The van der Waals surface area contributed by atoms with Gasteiger partial charge in [-0.15, -0.1) is 0 Å². The lowest BCUT2D eigenvalue weighted by Gasteiger charge is -2.34. The molecule has 6 heteroatoms. The summed E-state index contributed by atoms with van der Waals surface area (Å²) >= 11 is 0. The Balaban J connectivity index is 2.01. The topological polar surface area (TPSA) is 83.7 Å². The van der Waals surface area contributed by atoms with Gasteiger partial charge in [0, 0.05) is 18.7 Å². The minimum atomic E-state index is -0.460. The molecule has 1 amide bonds. The molecule has 2 rings (SSSR count). The summed E-state index contributed by atoms with van der Waals surface area (Å²) in [6.45, 7) is 0.670. The lowest BCUT2D eigenvalue weighted by Crippen LogP contribution is -2.46. The van der Waals surface area contributed by atoms with Crippen molar-refractivity contribution in [3.63, 3.8) is 0 Å². The number of aliphatic hydroxyl groups is 1. The van der Waals surface area contributed by atoms with Crippen LogP contribution in [-0.2, 0) is 11.2 Å². The molecule has 20 heavy (non-hydrogen) atoms. The van der Waals surface area contributed by atoms with E-state index in [4.69, 9.17) is 0 Å². The number of nitro benzene ring substituents is 1. The number of nitrogens with zero attached hydrogens (tertiary/aromatic N) is 2. The number of aliphatic hydroxyl groups excluding tert-OH is 1. The van der Waals surface area contributed by atoms with Gasteiger partial charge in [-0.2, -0.15) is 0 Å². The number of carbonyl (C=O) groups is 1. The number of benzene rings is 1. The normalized spacial score (nSPS) is 18.9. The van der Waals surface area contributed by atoms with Crippen molar-refractivity contribution >= 4 is 11.6 Å². The highest BCUT2D eigenvalue weighted by Gasteiger charge is 2.25. The largest absolute Gasteiger partial charge is 0.394 e. The summed E-state index contributed by atoms with van der Waals surface area (Å²) in [5.74, 6) is -0.0300. The molecule has 1 fully saturated rings. The molecular formula is C14H18N2O4. The second-order valence-electron chi connectivity index (χ2n) is 5.02. The van der Waals surface area contributed by atoms with Gasteiger partial charge in [0.05, 0.1) is 24.0 Å². The van der Waals surface area contributed by atoms with Crippen molar-refractivity contribution in [2.45, 2.75) is 31.7 Å². The maximum atomic E-state index is 12.2. The van der Waals surface area contributed by atoms with Gasteiger partial charge in [0.15, 0.2) is 0 Å². The van der Waals surface area contributed by atoms with E-state index in [-0.39, 0.29) is 30.7 Å². The summed E-state index contributed by atoms with van der Waals surface area (Å²) in [5.41, 5.74) is 0.773. The minimum Gasteiger partial charge on any atom is -0.394 e. The predicted octanol–water partition coefficient (Wildman–Crippen LogP) is 1.51. The van der Waals surface area contributed by atoms with Gasteiger partial charge >= 0.3 is 0 Å². The van der Waals surface area contributed by atoms with Crippen LogP contribution in [0.1, 0.15) is 24.8 Å². The van der Waals surface area contributed by atoms with Crippen molar-refractivity contribution in [2.75, 3.05) is 13.2 Å². The van der Waals surface area contributed by atoms with Gasteiger partial charge in [-0.1, -0.05) is 12.1 Å². The van der Waals surface area contributed by atoms with Crippen molar-refractivity contribution in [1.29, 1.82) is 0 Å². The molecule has 6 nitrogen and oxygen atoms in total. The molecule has 0 bridgehead atoms. The van der Waals surface area contributed by atoms with Gasteiger partial charge in [-0.25, -0.2) is 0 Å². The predicted molar refractivity (Wildman–Crippen MR) is 73.2 cm³/mol. The number of carbonyl (C=O) groups excluding carboxylic acids is 1. The van der Waals surface area contributed by atoms with Gasteiger partial charge < -0.3 is 10.0 Å². The van der Waals surface area contributed by atoms with Crippen LogP contribution in [0.2, 0.25) is 0 Å². The fourth-order valence-corrected chi connectivity index (χ4v) is 2.53. The van der Waals surface area contributed by atoms with E-state index in [0.717, 1.165) is 24.8 Å². The molecule has 1 aromatic carbocycles. The highest BCUT2D eigenvalue weighted by molar-refractivity contribution is 5.79. The number of nitro groups is 1. The van der Waals surface area contributed by atoms with Gasteiger partial charge in [0.2, 0.25) is 5.91 Å². The van der Waals surface area contributed by atoms with Crippen molar-refractivity contribution in [3.05, 3.63) is 39.9 Å². The van der Waals surface area contributed by atoms with E-state index in [1.807, 2.05) is 0 Å². The Morgan fingerprint density at radius 1 is 1.35 bits per heavy atom. The van der Waals surface area contributed by atoms with E-state index in [0.29, 0.717) is 6.54 Å². The second kappa shape index (κ2) is 6.47. The van der Waals surface area contributed by atoms with Gasteiger partial charge in [0.25, 0.3) is 5.69 Å². The van der Waals surface area contributed by atoms with Crippen molar-refractivity contribution in [3.8, 4) is 0 Å². The Bertz CT molecular complexity index is 486. The number of piperidine rings is 1. The third-order valence-electron chi connectivity index (χ3n) is 3.66. The summed E-state index contributed by atoms with van der Waals surface area (Å²) in [6, 6.07) is 5.93. The van der Waals surface area contributed by atoms with Crippen molar-refractivity contribution in [1.82, 2.24) is 4.90 Å². The monoisotopic (exact) mass is 278 g/mol. The molecule has 0 aliphatic carbocycles. The maximum absolute atomic E-state index is 12.2. The lowest BCUT2D eigenvalue weighted by molar-refractivity contribution is -0.384. The average Bonchev–Trinajstić information content (AvgIpc) is 2.47. The molecule has 1 atom stereocenters. The molecule has 0 aromatic heterocycles. The summed E-state index contributed by atoms with van der Waals surface area (Å²) in [6.07, 6.45) is 3.05. The molecule has 1 aliphatic heterocycles. The molecule has 1 unspecified atom stereocenters. The van der Waals surface area contributed by atoms with Crippen LogP contribution in [0, 0.1) is 10.1 Å². The molecule has 1 aromatic rings. The van der Waals surface area contributed by atoms with Crippen LogP contribution in [0.3, 0.4) is 0 Å². The van der Waals surface area contributed by atoms with Crippen LogP contribution in [0.4, 0.5) is 5.69 Å². The number of amides is 1. The number of hydrogen-bond acceptors (Lipinski definition) is 4. The molecule has 1 heterocycles. The van der Waals surface area contributed by atoms with Crippen LogP contribution in [0.15, 0.2) is 24.3 Å². The molecule has 1 N–H and O–H groups in total. The van der Waals surface area contributed by atoms with Crippen molar-refractivity contribution < 1.29 is 14.8 Å². The molecule has 0 radical (unpaired) electrons. The SMILES string of the molecule is O=C(Cc1ccc([N+](=O)[O-])cc1)N1CCCCC1CO. The van der Waals surface area contributed by atoms with E-state index in [9.17, 15) is 20.0 Å². The molecular weight excluding hydrogens is 260 g/mol. The van der Waals surface area contributed by atoms with E-state index in [1.54, 1.807) is 17.0 Å². The van der Waals surface area contributed by atoms with E-state index < -0.39 is 4.92 Å². The molecule has 108 valence electrons. The smallest absolute Gasteiger partial charge is 0.269 e. The van der Waals surface area contributed by atoms with Gasteiger partial charge in [-0.3, -0.25) is 14.9 Å². The first-order valence-corrected chi connectivity index (χ1v) is 6.75. The molecule has 0 spiro atoms. The van der Waals surface area contributed by atoms with Crippen LogP contribution < -0.4 is 0 Å². The van der Waals surface area contributed by atoms with Gasteiger partial charge in [-0.05, 0) is 24.8 Å². The molecule has 1 saturated heterocycles. The fraction of sp³-hybridized carbons (Fsp3) is 0.500. The Morgan fingerprint density at radius 2 is 2.05 bits per heavy atom. The quantitative estimate of drug-likeness (QED) is 0.668. The lowest BCUT2D eigenvalue weighted by atomic mass is 10.0. The summed E-state index contributed by atoms with van der Waals surface area (Å²) < 4.78 is 0. The molecule has 1 aliphatic rings. The second-order valence-corrected chi connectivity index (χ2v) is 5.02. The summed E-state index contributed by atoms with van der Waals surface area (Å²) in [4.78, 5) is 24.1. The highest BCUT2D eigenvalue weighted by Crippen LogP contribution is 2.19. The zero-order valence-electron chi connectivity index (χ0n) is 11.2. The number of non-ortho nitro benzene ring substituents is 1. The maximum Gasteiger partial charge on any atom is 0.269 e. The zero-order valence-corrected chi connectivity index (χ0v) is 11.2. The number of rotatable bonds is 4. The Hall–Kier alpha value is -1.95. The fourth-order valence-electron chi connectivity index (χ4n) is 2.53. The molecule has 0 saturated carbocycles. The Kier molecular flexibility index (Phi) is 4.68. The zero-order chi connectivity index (χ0) is 14.5. The van der Waals surface area contributed by atoms with Crippen LogP contribution in [0.25, 0.3) is 0 Å². The van der Waals surface area contributed by atoms with Crippen LogP contribution in [0.5, 0.6) is 0 Å². The van der Waals surface area contributed by atoms with Crippen molar-refractivity contribution in [2.24, 2.45) is 0 Å². The first kappa shape index (κ1) is 14.5. The van der Waals surface area contributed by atoms with Gasteiger partial charge in [0.1, 0.15) is 0 Å². The Labute approximate surface area is 117 Å². The minimum absolute atomic E-state index is 0.00794. The third-order valence-corrected chi connectivity index (χ3v) is 3.66. The van der Waals surface area contributed by atoms with E-state index in [1.165, 1.54) is 12.1 Å².